The number of hydrogen-bond donors (Lipinski definition) is 0. The molecule has 70 valence electrons. The van der Waals surface area contributed by atoms with Crippen molar-refractivity contribution in [2.45, 2.75) is 0 Å². The van der Waals surface area contributed by atoms with Crippen LogP contribution in [0, 0.1) is 3.57 Å². The maximum Gasteiger partial charge on any atom is 0.139 e. The lowest BCUT2D eigenvalue weighted by Gasteiger charge is -1.90. The Morgan fingerprint density at radius 1 is 1.00 bits per heavy atom. The summed E-state index contributed by atoms with van der Waals surface area (Å²) >= 11 is 2.25. The van der Waals surface area contributed by atoms with Gasteiger partial charge in [0.1, 0.15) is 5.76 Å². The molecule has 0 saturated carbocycles. The topological polar surface area (TPSA) is 13.1 Å². The van der Waals surface area contributed by atoms with Crippen LogP contribution in [0.25, 0.3) is 12.2 Å². The zero-order valence-corrected chi connectivity index (χ0v) is 9.64. The molecule has 0 aliphatic rings. The maximum atomic E-state index is 5.29. The number of halogens is 1. The first kappa shape index (κ1) is 9.52. The van der Waals surface area contributed by atoms with E-state index in [9.17, 15) is 0 Å². The van der Waals surface area contributed by atoms with Crippen LogP contribution in [-0.2, 0) is 0 Å². The summed E-state index contributed by atoms with van der Waals surface area (Å²) in [5.41, 5.74) is 1.18. The number of hydrogen-bond acceptors (Lipinski definition) is 1. The summed E-state index contributed by atoms with van der Waals surface area (Å²) in [4.78, 5) is 0. The molecule has 2 heteroatoms. The standard InChI is InChI=1S/C12H9IO/c13-11-8-9-14-12(11)7-6-10-4-2-1-3-5-10/h1-9H/b7-6+. The Kier molecular flexibility index (Phi) is 3.03. The molecule has 1 aromatic carbocycles. The van der Waals surface area contributed by atoms with Crippen LogP contribution in [0.3, 0.4) is 0 Å². The van der Waals surface area contributed by atoms with Gasteiger partial charge in [-0.15, -0.1) is 0 Å². The van der Waals surface area contributed by atoms with Crippen LogP contribution in [0.5, 0.6) is 0 Å². The van der Waals surface area contributed by atoms with Gasteiger partial charge in [-0.3, -0.25) is 0 Å². The highest BCUT2D eigenvalue weighted by Crippen LogP contribution is 2.16. The van der Waals surface area contributed by atoms with Crippen molar-refractivity contribution < 1.29 is 4.42 Å². The molecule has 0 fully saturated rings. The lowest BCUT2D eigenvalue weighted by Crippen LogP contribution is -1.70. The second kappa shape index (κ2) is 4.46. The van der Waals surface area contributed by atoms with E-state index in [0.717, 1.165) is 9.33 Å². The van der Waals surface area contributed by atoms with Crippen molar-refractivity contribution in [3.05, 3.63) is 57.6 Å². The second-order valence-electron chi connectivity index (χ2n) is 2.88. The zero-order valence-electron chi connectivity index (χ0n) is 7.48. The first-order valence-corrected chi connectivity index (χ1v) is 5.40. The molecular weight excluding hydrogens is 287 g/mol. The normalized spacial score (nSPS) is 10.9. The molecule has 1 nitrogen and oxygen atoms in total. The molecule has 0 radical (unpaired) electrons. The average molecular weight is 296 g/mol. The van der Waals surface area contributed by atoms with Gasteiger partial charge in [0.05, 0.1) is 9.83 Å². The Morgan fingerprint density at radius 2 is 1.79 bits per heavy atom. The van der Waals surface area contributed by atoms with Gasteiger partial charge in [-0.25, -0.2) is 0 Å². The quantitative estimate of drug-likeness (QED) is 0.762. The van der Waals surface area contributed by atoms with Gasteiger partial charge in [-0.1, -0.05) is 36.4 Å². The Bertz CT molecular complexity index is 429. The number of rotatable bonds is 2. The minimum absolute atomic E-state index is 0.912. The molecule has 0 spiro atoms. The van der Waals surface area contributed by atoms with Crippen LogP contribution in [0.2, 0.25) is 0 Å². The lowest BCUT2D eigenvalue weighted by atomic mass is 10.2. The molecule has 0 unspecified atom stereocenters. The van der Waals surface area contributed by atoms with E-state index >= 15 is 0 Å². The van der Waals surface area contributed by atoms with Crippen molar-refractivity contribution in [2.24, 2.45) is 0 Å². The summed E-state index contributed by atoms with van der Waals surface area (Å²) in [6, 6.07) is 12.1. The Balaban J connectivity index is 2.20. The van der Waals surface area contributed by atoms with Crippen LogP contribution < -0.4 is 0 Å². The molecule has 2 aromatic rings. The largest absolute Gasteiger partial charge is 0.464 e. The molecule has 0 atom stereocenters. The molecule has 1 heterocycles. The van der Waals surface area contributed by atoms with Gasteiger partial charge < -0.3 is 4.42 Å². The molecule has 0 saturated heterocycles. The third kappa shape index (κ3) is 2.26. The fraction of sp³-hybridized carbons (Fsp3) is 0. The molecule has 1 aromatic heterocycles. The van der Waals surface area contributed by atoms with Gasteiger partial charge in [-0.2, -0.15) is 0 Å². The fourth-order valence-corrected chi connectivity index (χ4v) is 1.61. The third-order valence-electron chi connectivity index (χ3n) is 1.87. The summed E-state index contributed by atoms with van der Waals surface area (Å²) in [5.74, 6) is 0.912. The minimum atomic E-state index is 0.912. The monoisotopic (exact) mass is 296 g/mol. The highest BCUT2D eigenvalue weighted by atomic mass is 127. The highest BCUT2D eigenvalue weighted by Gasteiger charge is 1.96. The van der Waals surface area contributed by atoms with Crippen molar-refractivity contribution in [1.29, 1.82) is 0 Å². The van der Waals surface area contributed by atoms with Crippen molar-refractivity contribution in [3.8, 4) is 0 Å². The molecular formula is C12H9IO. The lowest BCUT2D eigenvalue weighted by molar-refractivity contribution is 0.555. The molecule has 0 N–H and O–H groups in total. The van der Waals surface area contributed by atoms with Crippen molar-refractivity contribution in [3.63, 3.8) is 0 Å². The van der Waals surface area contributed by atoms with Crippen molar-refractivity contribution >= 4 is 34.7 Å². The number of furan rings is 1. The molecule has 0 aliphatic carbocycles. The summed E-state index contributed by atoms with van der Waals surface area (Å²) in [6.45, 7) is 0. The van der Waals surface area contributed by atoms with Gasteiger partial charge in [0.2, 0.25) is 0 Å². The Labute approximate surface area is 96.6 Å². The first-order chi connectivity index (χ1) is 6.86. The first-order valence-electron chi connectivity index (χ1n) is 4.32. The molecule has 0 bridgehead atoms. The van der Waals surface area contributed by atoms with E-state index in [4.69, 9.17) is 4.42 Å². The van der Waals surface area contributed by atoms with E-state index in [-0.39, 0.29) is 0 Å². The predicted molar refractivity (Wildman–Crippen MR) is 66.8 cm³/mol. The Morgan fingerprint density at radius 3 is 2.43 bits per heavy atom. The van der Waals surface area contributed by atoms with E-state index < -0.39 is 0 Å². The summed E-state index contributed by atoms with van der Waals surface area (Å²) in [6.07, 6.45) is 5.73. The predicted octanol–water partition coefficient (Wildman–Crippen LogP) is 4.05. The van der Waals surface area contributed by atoms with E-state index in [0.29, 0.717) is 0 Å². The fourth-order valence-electron chi connectivity index (χ4n) is 1.16. The molecule has 2 rings (SSSR count). The number of benzene rings is 1. The van der Waals surface area contributed by atoms with Gasteiger partial charge in [0, 0.05) is 0 Å². The maximum absolute atomic E-state index is 5.29. The second-order valence-corrected chi connectivity index (χ2v) is 4.04. The molecule has 14 heavy (non-hydrogen) atoms. The SMILES string of the molecule is Ic1ccoc1/C=C/c1ccccc1. The van der Waals surface area contributed by atoms with Crippen LogP contribution in [0.1, 0.15) is 11.3 Å². The van der Waals surface area contributed by atoms with E-state index in [1.54, 1.807) is 6.26 Å². The summed E-state index contributed by atoms with van der Waals surface area (Å²) in [5, 5.41) is 0. The van der Waals surface area contributed by atoms with E-state index in [2.05, 4.69) is 34.7 Å². The van der Waals surface area contributed by atoms with Gasteiger partial charge in [-0.05, 0) is 40.3 Å². The van der Waals surface area contributed by atoms with Crippen LogP contribution in [0.15, 0.2) is 47.1 Å². The van der Waals surface area contributed by atoms with Crippen LogP contribution in [-0.4, -0.2) is 0 Å². The van der Waals surface area contributed by atoms with Gasteiger partial charge in [0.15, 0.2) is 0 Å². The van der Waals surface area contributed by atoms with Crippen LogP contribution in [0.4, 0.5) is 0 Å². The average Bonchev–Trinajstić information content (AvgIpc) is 2.63. The molecule has 0 amide bonds. The van der Waals surface area contributed by atoms with Gasteiger partial charge in [0.25, 0.3) is 0 Å². The highest BCUT2D eigenvalue weighted by molar-refractivity contribution is 14.1. The van der Waals surface area contributed by atoms with E-state index in [1.165, 1.54) is 5.56 Å². The zero-order chi connectivity index (χ0) is 9.80. The van der Waals surface area contributed by atoms with Gasteiger partial charge >= 0.3 is 0 Å². The molecule has 0 aliphatic heterocycles. The Hall–Kier alpha value is -1.03. The van der Waals surface area contributed by atoms with E-state index in [1.807, 2.05) is 36.4 Å². The summed E-state index contributed by atoms with van der Waals surface area (Å²) < 4.78 is 6.43. The van der Waals surface area contributed by atoms with Crippen molar-refractivity contribution in [2.75, 3.05) is 0 Å². The third-order valence-corrected chi connectivity index (χ3v) is 2.76. The summed E-state index contributed by atoms with van der Waals surface area (Å²) in [7, 11) is 0. The minimum Gasteiger partial charge on any atom is -0.464 e. The van der Waals surface area contributed by atoms with Crippen molar-refractivity contribution in [1.82, 2.24) is 0 Å². The van der Waals surface area contributed by atoms with Crippen LogP contribution >= 0.6 is 22.6 Å². The smallest absolute Gasteiger partial charge is 0.139 e.